The summed E-state index contributed by atoms with van der Waals surface area (Å²) in [5.41, 5.74) is 0.892. The number of rotatable bonds is 5. The van der Waals surface area contributed by atoms with Crippen LogP contribution in [-0.4, -0.2) is 43.6 Å². The van der Waals surface area contributed by atoms with Crippen molar-refractivity contribution in [3.8, 4) is 0 Å². The zero-order valence-electron chi connectivity index (χ0n) is 11.6. The molecular formula is C12H21N5O. The van der Waals surface area contributed by atoms with E-state index in [4.69, 9.17) is 0 Å². The van der Waals surface area contributed by atoms with Gasteiger partial charge < -0.3 is 15.5 Å². The number of nitrogens with zero attached hydrogens (tertiary/aromatic N) is 3. The zero-order valence-corrected chi connectivity index (χ0v) is 11.6. The SMILES string of the molecule is CNC(=O)C(C)CN(C)c1cc(C)nc(NC)n1. The summed E-state index contributed by atoms with van der Waals surface area (Å²) in [5.74, 6) is 1.34. The van der Waals surface area contributed by atoms with E-state index in [9.17, 15) is 4.79 Å². The first-order valence-corrected chi connectivity index (χ1v) is 5.94. The first-order chi connectivity index (χ1) is 8.47. The largest absolute Gasteiger partial charge is 0.359 e. The number of hydrogen-bond acceptors (Lipinski definition) is 5. The highest BCUT2D eigenvalue weighted by molar-refractivity contribution is 5.78. The molecule has 0 radical (unpaired) electrons. The van der Waals surface area contributed by atoms with E-state index >= 15 is 0 Å². The van der Waals surface area contributed by atoms with E-state index in [1.165, 1.54) is 0 Å². The van der Waals surface area contributed by atoms with Crippen molar-refractivity contribution >= 4 is 17.7 Å². The molecule has 0 saturated carbocycles. The zero-order chi connectivity index (χ0) is 13.7. The lowest BCUT2D eigenvalue weighted by molar-refractivity contribution is -0.123. The van der Waals surface area contributed by atoms with E-state index in [-0.39, 0.29) is 11.8 Å². The van der Waals surface area contributed by atoms with Crippen molar-refractivity contribution in [1.29, 1.82) is 0 Å². The van der Waals surface area contributed by atoms with Crippen LogP contribution in [0.1, 0.15) is 12.6 Å². The summed E-state index contributed by atoms with van der Waals surface area (Å²) < 4.78 is 0. The van der Waals surface area contributed by atoms with Crippen molar-refractivity contribution in [2.45, 2.75) is 13.8 Å². The van der Waals surface area contributed by atoms with Crippen LogP contribution in [0.15, 0.2) is 6.07 Å². The number of aryl methyl sites for hydroxylation is 1. The maximum absolute atomic E-state index is 11.5. The van der Waals surface area contributed by atoms with Crippen molar-refractivity contribution in [2.24, 2.45) is 5.92 Å². The Balaban J connectivity index is 2.80. The van der Waals surface area contributed by atoms with Gasteiger partial charge in [-0.3, -0.25) is 4.79 Å². The molecule has 1 unspecified atom stereocenters. The molecule has 0 aliphatic heterocycles. The van der Waals surface area contributed by atoms with Gasteiger partial charge >= 0.3 is 0 Å². The van der Waals surface area contributed by atoms with E-state index in [0.717, 1.165) is 11.5 Å². The highest BCUT2D eigenvalue weighted by Gasteiger charge is 2.15. The summed E-state index contributed by atoms with van der Waals surface area (Å²) in [6.07, 6.45) is 0. The molecular weight excluding hydrogens is 230 g/mol. The molecule has 0 aromatic carbocycles. The molecule has 18 heavy (non-hydrogen) atoms. The summed E-state index contributed by atoms with van der Waals surface area (Å²) in [7, 11) is 5.35. The van der Waals surface area contributed by atoms with Gasteiger partial charge in [0.05, 0.1) is 5.92 Å². The molecule has 0 spiro atoms. The highest BCUT2D eigenvalue weighted by Crippen LogP contribution is 2.14. The van der Waals surface area contributed by atoms with Crippen molar-refractivity contribution in [3.05, 3.63) is 11.8 Å². The van der Waals surface area contributed by atoms with Gasteiger partial charge in [0, 0.05) is 39.4 Å². The fraction of sp³-hybridized carbons (Fsp3) is 0.583. The van der Waals surface area contributed by atoms with Gasteiger partial charge in [-0.15, -0.1) is 0 Å². The van der Waals surface area contributed by atoms with Gasteiger partial charge in [-0.25, -0.2) is 4.98 Å². The third-order valence-corrected chi connectivity index (χ3v) is 2.70. The third kappa shape index (κ3) is 3.58. The van der Waals surface area contributed by atoms with E-state index in [1.54, 1.807) is 14.1 Å². The minimum absolute atomic E-state index is 0.0291. The van der Waals surface area contributed by atoms with Crippen molar-refractivity contribution in [1.82, 2.24) is 15.3 Å². The number of hydrogen-bond donors (Lipinski definition) is 2. The molecule has 6 heteroatoms. The lowest BCUT2D eigenvalue weighted by atomic mass is 10.1. The van der Waals surface area contributed by atoms with Crippen LogP contribution >= 0.6 is 0 Å². The van der Waals surface area contributed by atoms with Crippen LogP contribution in [0, 0.1) is 12.8 Å². The predicted octanol–water partition coefficient (Wildman–Crippen LogP) is 0.645. The second kappa shape index (κ2) is 6.18. The molecule has 1 amide bonds. The molecule has 1 rings (SSSR count). The van der Waals surface area contributed by atoms with Gasteiger partial charge in [0.2, 0.25) is 11.9 Å². The topological polar surface area (TPSA) is 70.2 Å². The Bertz CT molecular complexity index is 421. The molecule has 0 aliphatic carbocycles. The average molecular weight is 251 g/mol. The summed E-state index contributed by atoms with van der Waals surface area (Å²) in [4.78, 5) is 22.0. The van der Waals surface area contributed by atoms with Gasteiger partial charge in [-0.05, 0) is 6.92 Å². The Morgan fingerprint density at radius 2 is 2.11 bits per heavy atom. The summed E-state index contributed by atoms with van der Waals surface area (Å²) in [6, 6.07) is 1.90. The van der Waals surface area contributed by atoms with Gasteiger partial charge in [-0.2, -0.15) is 4.98 Å². The van der Waals surface area contributed by atoms with E-state index in [0.29, 0.717) is 12.5 Å². The Hall–Kier alpha value is -1.85. The molecule has 100 valence electrons. The maximum Gasteiger partial charge on any atom is 0.224 e. The minimum Gasteiger partial charge on any atom is -0.359 e. The fourth-order valence-corrected chi connectivity index (χ4v) is 1.69. The molecule has 2 N–H and O–H groups in total. The predicted molar refractivity (Wildman–Crippen MR) is 72.8 cm³/mol. The van der Waals surface area contributed by atoms with E-state index in [1.807, 2.05) is 31.9 Å². The Morgan fingerprint density at radius 3 is 2.67 bits per heavy atom. The van der Waals surface area contributed by atoms with Crippen LogP contribution in [0.4, 0.5) is 11.8 Å². The summed E-state index contributed by atoms with van der Waals surface area (Å²) in [6.45, 7) is 4.42. The second-order valence-corrected chi connectivity index (χ2v) is 4.34. The summed E-state index contributed by atoms with van der Waals surface area (Å²) in [5, 5.41) is 5.57. The lowest BCUT2D eigenvalue weighted by Crippen LogP contribution is -2.34. The number of nitrogens with one attached hydrogen (secondary N) is 2. The van der Waals surface area contributed by atoms with Gasteiger partial charge in [0.25, 0.3) is 0 Å². The van der Waals surface area contributed by atoms with E-state index < -0.39 is 0 Å². The van der Waals surface area contributed by atoms with Crippen LogP contribution < -0.4 is 15.5 Å². The van der Waals surface area contributed by atoms with Crippen LogP contribution in [0.25, 0.3) is 0 Å². The van der Waals surface area contributed by atoms with Gasteiger partial charge in [0.15, 0.2) is 0 Å². The first kappa shape index (κ1) is 14.2. The molecule has 0 aliphatic rings. The lowest BCUT2D eigenvalue weighted by Gasteiger charge is -2.22. The molecule has 6 nitrogen and oxygen atoms in total. The van der Waals surface area contributed by atoms with Crippen LogP contribution in [0.5, 0.6) is 0 Å². The Labute approximate surface area is 108 Å². The number of anilines is 2. The molecule has 0 bridgehead atoms. The Morgan fingerprint density at radius 1 is 1.44 bits per heavy atom. The standard InChI is InChI=1S/C12H21N5O/c1-8(11(18)13-3)7-17(5)10-6-9(2)15-12(14-4)16-10/h6,8H,7H2,1-5H3,(H,13,18)(H,14,15,16). The van der Waals surface area contributed by atoms with Crippen molar-refractivity contribution in [3.63, 3.8) is 0 Å². The van der Waals surface area contributed by atoms with Crippen molar-refractivity contribution in [2.75, 3.05) is 37.9 Å². The van der Waals surface area contributed by atoms with Crippen molar-refractivity contribution < 1.29 is 4.79 Å². The number of carbonyl (C=O) groups is 1. The fourth-order valence-electron chi connectivity index (χ4n) is 1.69. The van der Waals surface area contributed by atoms with Crippen LogP contribution in [0.3, 0.4) is 0 Å². The molecule has 1 atom stereocenters. The third-order valence-electron chi connectivity index (χ3n) is 2.70. The number of amides is 1. The average Bonchev–Trinajstić information content (AvgIpc) is 2.36. The monoisotopic (exact) mass is 251 g/mol. The molecule has 0 fully saturated rings. The first-order valence-electron chi connectivity index (χ1n) is 5.94. The smallest absolute Gasteiger partial charge is 0.224 e. The van der Waals surface area contributed by atoms with Gasteiger partial charge in [0.1, 0.15) is 5.82 Å². The molecule has 1 heterocycles. The highest BCUT2D eigenvalue weighted by atomic mass is 16.1. The quantitative estimate of drug-likeness (QED) is 0.804. The minimum atomic E-state index is -0.0895. The number of aromatic nitrogens is 2. The number of carbonyl (C=O) groups excluding carboxylic acids is 1. The molecule has 1 aromatic rings. The normalized spacial score (nSPS) is 11.8. The van der Waals surface area contributed by atoms with Crippen LogP contribution in [-0.2, 0) is 4.79 Å². The van der Waals surface area contributed by atoms with Gasteiger partial charge in [-0.1, -0.05) is 6.92 Å². The maximum atomic E-state index is 11.5. The second-order valence-electron chi connectivity index (χ2n) is 4.34. The van der Waals surface area contributed by atoms with E-state index in [2.05, 4.69) is 20.6 Å². The van der Waals surface area contributed by atoms with Crippen LogP contribution in [0.2, 0.25) is 0 Å². The molecule has 0 saturated heterocycles. The molecule has 1 aromatic heterocycles. The summed E-state index contributed by atoms with van der Waals surface area (Å²) >= 11 is 0. The Kier molecular flexibility index (Phi) is 4.88.